The normalized spacial score (nSPS) is 25.8. The molecule has 5 nitrogen and oxygen atoms in total. The fraction of sp³-hybridized carbons (Fsp3) is 0.684. The van der Waals surface area contributed by atoms with Crippen LogP contribution in [0.5, 0.6) is 0 Å². The molecule has 3 fully saturated rings. The molecular formula is C19H29N3O2. The number of nitrogens with zero attached hydrogens (tertiary/aromatic N) is 2. The molecular weight excluding hydrogens is 302 g/mol. The van der Waals surface area contributed by atoms with Crippen molar-refractivity contribution in [3.63, 3.8) is 0 Å². The summed E-state index contributed by atoms with van der Waals surface area (Å²) in [5.41, 5.74) is 2.71. The summed E-state index contributed by atoms with van der Waals surface area (Å²) in [6.07, 6.45) is 3.09. The highest BCUT2D eigenvalue weighted by atomic mass is 16.5. The minimum absolute atomic E-state index is 0.329. The Bertz CT molecular complexity index is 529. The van der Waals surface area contributed by atoms with E-state index in [9.17, 15) is 0 Å². The van der Waals surface area contributed by atoms with Gasteiger partial charge < -0.3 is 19.7 Å². The van der Waals surface area contributed by atoms with Gasteiger partial charge in [0.05, 0.1) is 25.9 Å². The number of benzene rings is 1. The molecule has 0 bridgehead atoms. The first kappa shape index (κ1) is 16.3. The van der Waals surface area contributed by atoms with Crippen LogP contribution in [0.1, 0.15) is 18.4 Å². The number of morpholine rings is 2. The second-order valence-corrected chi connectivity index (χ2v) is 7.08. The van der Waals surface area contributed by atoms with Crippen molar-refractivity contribution in [2.24, 2.45) is 0 Å². The summed E-state index contributed by atoms with van der Waals surface area (Å²) < 4.78 is 11.4. The van der Waals surface area contributed by atoms with Crippen LogP contribution in [0.2, 0.25) is 0 Å². The van der Waals surface area contributed by atoms with Gasteiger partial charge in [0, 0.05) is 51.0 Å². The number of rotatable bonds is 6. The number of hydrogen-bond donors (Lipinski definition) is 1. The molecule has 1 N–H and O–H groups in total. The quantitative estimate of drug-likeness (QED) is 0.854. The molecule has 2 heterocycles. The molecule has 132 valence electrons. The zero-order valence-electron chi connectivity index (χ0n) is 14.5. The van der Waals surface area contributed by atoms with Crippen molar-refractivity contribution in [2.45, 2.75) is 31.5 Å². The molecule has 1 aromatic rings. The summed E-state index contributed by atoms with van der Waals surface area (Å²) in [4.78, 5) is 5.05. The first-order chi connectivity index (χ1) is 11.9. The van der Waals surface area contributed by atoms with Gasteiger partial charge in [0.1, 0.15) is 0 Å². The Labute approximate surface area is 144 Å². The summed E-state index contributed by atoms with van der Waals surface area (Å²) in [6, 6.07) is 9.57. The van der Waals surface area contributed by atoms with Gasteiger partial charge in [0.25, 0.3) is 0 Å². The van der Waals surface area contributed by atoms with E-state index in [1.807, 2.05) is 0 Å². The van der Waals surface area contributed by atoms with E-state index >= 15 is 0 Å². The predicted molar refractivity (Wildman–Crippen MR) is 95.5 cm³/mol. The summed E-state index contributed by atoms with van der Waals surface area (Å²) >= 11 is 0. The number of anilines is 1. The van der Waals surface area contributed by atoms with Gasteiger partial charge in [-0.15, -0.1) is 0 Å². The molecule has 1 aliphatic carbocycles. The van der Waals surface area contributed by atoms with Crippen LogP contribution in [0, 0.1) is 0 Å². The molecule has 3 aliphatic rings. The van der Waals surface area contributed by atoms with E-state index in [1.165, 1.54) is 24.1 Å². The Morgan fingerprint density at radius 2 is 1.88 bits per heavy atom. The molecule has 0 radical (unpaired) electrons. The van der Waals surface area contributed by atoms with Crippen molar-refractivity contribution in [1.82, 2.24) is 10.2 Å². The lowest BCUT2D eigenvalue weighted by Crippen LogP contribution is -2.47. The molecule has 0 spiro atoms. The summed E-state index contributed by atoms with van der Waals surface area (Å²) in [6.45, 7) is 8.54. The van der Waals surface area contributed by atoms with E-state index in [2.05, 4.69) is 39.4 Å². The number of hydrogen-bond acceptors (Lipinski definition) is 5. The van der Waals surface area contributed by atoms with Crippen molar-refractivity contribution in [1.29, 1.82) is 0 Å². The second-order valence-electron chi connectivity index (χ2n) is 7.08. The van der Waals surface area contributed by atoms with Crippen molar-refractivity contribution >= 4 is 5.69 Å². The zero-order chi connectivity index (χ0) is 16.2. The fourth-order valence-electron chi connectivity index (χ4n) is 3.78. The lowest BCUT2D eigenvalue weighted by Gasteiger charge is -2.33. The highest BCUT2D eigenvalue weighted by molar-refractivity contribution is 5.53. The number of ether oxygens (including phenoxy) is 2. The van der Waals surface area contributed by atoms with Gasteiger partial charge in [0.15, 0.2) is 0 Å². The third-order valence-corrected chi connectivity index (χ3v) is 5.26. The van der Waals surface area contributed by atoms with E-state index in [4.69, 9.17) is 9.47 Å². The van der Waals surface area contributed by atoms with Crippen molar-refractivity contribution in [3.05, 3.63) is 29.8 Å². The van der Waals surface area contributed by atoms with Gasteiger partial charge in [-0.1, -0.05) is 18.2 Å². The predicted octanol–water partition coefficient (Wildman–Crippen LogP) is 1.48. The number of para-hydroxylation sites is 1. The molecule has 1 saturated carbocycles. The van der Waals surface area contributed by atoms with Crippen LogP contribution >= 0.6 is 0 Å². The largest absolute Gasteiger partial charge is 0.378 e. The van der Waals surface area contributed by atoms with Gasteiger partial charge in [-0.25, -0.2) is 0 Å². The maximum Gasteiger partial charge on any atom is 0.0826 e. The molecule has 4 rings (SSSR count). The van der Waals surface area contributed by atoms with E-state index in [1.54, 1.807) is 0 Å². The van der Waals surface area contributed by atoms with E-state index in [0.717, 1.165) is 65.1 Å². The highest BCUT2D eigenvalue weighted by Crippen LogP contribution is 2.28. The second kappa shape index (κ2) is 7.83. The van der Waals surface area contributed by atoms with E-state index in [-0.39, 0.29) is 0 Å². The highest BCUT2D eigenvalue weighted by Gasteiger charge is 2.32. The van der Waals surface area contributed by atoms with Gasteiger partial charge in [0.2, 0.25) is 0 Å². The standard InChI is InChI=1S/C19H29N3O2/c1-2-4-19(21-7-10-23-11-8-21)16(3-1)13-20-14-18-15-22(9-12-24-18)17-5-6-17/h1-4,17-18,20H,5-15H2/t18-/m1/s1. The first-order valence-electron chi connectivity index (χ1n) is 9.37. The average molecular weight is 331 g/mol. The van der Waals surface area contributed by atoms with Crippen molar-refractivity contribution in [3.8, 4) is 0 Å². The molecule has 0 amide bonds. The molecule has 1 atom stereocenters. The van der Waals surface area contributed by atoms with E-state index < -0.39 is 0 Å². The third kappa shape index (κ3) is 4.09. The third-order valence-electron chi connectivity index (χ3n) is 5.26. The minimum Gasteiger partial charge on any atom is -0.378 e. The number of nitrogens with one attached hydrogen (secondary N) is 1. The molecule has 1 aromatic carbocycles. The molecule has 2 aliphatic heterocycles. The summed E-state index contributed by atoms with van der Waals surface area (Å²) in [5.74, 6) is 0. The molecule has 0 unspecified atom stereocenters. The lowest BCUT2D eigenvalue weighted by atomic mass is 10.1. The lowest BCUT2D eigenvalue weighted by molar-refractivity contribution is -0.0301. The Hall–Kier alpha value is -1.14. The average Bonchev–Trinajstić information content (AvgIpc) is 3.48. The topological polar surface area (TPSA) is 37.0 Å². The first-order valence-corrected chi connectivity index (χ1v) is 9.37. The fourth-order valence-corrected chi connectivity index (χ4v) is 3.78. The Balaban J connectivity index is 1.29. The van der Waals surface area contributed by atoms with Gasteiger partial charge in [-0.2, -0.15) is 0 Å². The molecule has 0 aromatic heterocycles. The van der Waals surface area contributed by atoms with Crippen LogP contribution in [0.15, 0.2) is 24.3 Å². The van der Waals surface area contributed by atoms with Crippen LogP contribution < -0.4 is 10.2 Å². The van der Waals surface area contributed by atoms with Crippen LogP contribution in [-0.4, -0.2) is 69.6 Å². The maximum atomic E-state index is 5.94. The van der Waals surface area contributed by atoms with Crippen molar-refractivity contribution in [2.75, 3.05) is 57.4 Å². The Kier molecular flexibility index (Phi) is 5.33. The smallest absolute Gasteiger partial charge is 0.0826 e. The van der Waals surface area contributed by atoms with Gasteiger partial charge in [-0.3, -0.25) is 4.90 Å². The van der Waals surface area contributed by atoms with Gasteiger partial charge >= 0.3 is 0 Å². The molecule has 24 heavy (non-hydrogen) atoms. The SMILES string of the molecule is c1ccc(N2CCOCC2)c(CNC[C@@H]2CN(C3CC3)CCO2)c1. The molecule has 5 heteroatoms. The zero-order valence-corrected chi connectivity index (χ0v) is 14.5. The maximum absolute atomic E-state index is 5.94. The monoisotopic (exact) mass is 331 g/mol. The Morgan fingerprint density at radius 3 is 2.71 bits per heavy atom. The van der Waals surface area contributed by atoms with E-state index in [0.29, 0.717) is 6.10 Å². The van der Waals surface area contributed by atoms with Crippen LogP contribution in [0.3, 0.4) is 0 Å². The minimum atomic E-state index is 0.329. The summed E-state index contributed by atoms with van der Waals surface area (Å²) in [5, 5.41) is 3.62. The molecule has 2 saturated heterocycles. The van der Waals surface area contributed by atoms with Crippen LogP contribution in [0.4, 0.5) is 5.69 Å². The van der Waals surface area contributed by atoms with Crippen LogP contribution in [0.25, 0.3) is 0 Å². The van der Waals surface area contributed by atoms with Gasteiger partial charge in [-0.05, 0) is 24.5 Å². The van der Waals surface area contributed by atoms with Crippen molar-refractivity contribution < 1.29 is 9.47 Å². The van der Waals surface area contributed by atoms with Crippen LogP contribution in [-0.2, 0) is 16.0 Å². The Morgan fingerprint density at radius 1 is 1.04 bits per heavy atom. The summed E-state index contributed by atoms with van der Waals surface area (Å²) in [7, 11) is 0.